The first-order valence-corrected chi connectivity index (χ1v) is 12.3. The van der Waals surface area contributed by atoms with E-state index in [1.165, 1.54) is 29.1 Å². The number of aliphatic carboxylic acids is 1. The van der Waals surface area contributed by atoms with E-state index in [-0.39, 0.29) is 40.6 Å². The zero-order valence-electron chi connectivity index (χ0n) is 20.8. The Hall–Kier alpha value is -3.19. The molecule has 0 unspecified atom stereocenters. The first-order chi connectivity index (χ1) is 17.6. The standard InChI is InChI=1S/C25H23N5O6S.Na/c1-25(2)19(24(35)36)30-22(34)17(23(30)37-25)29-21(33)15(12-7-4-3-5-8-12)28-20(32)13-11-27-14-9-6-10-26-16(14)18(13)31;/h3-11,15,17,19,23H,1-2H3,(H,27,31)(H,28,32)(H,29,33)(H,35,36);/q;+1/p-1/t15-,17+,19-,23+;/m0./s1. The Labute approximate surface area is 243 Å². The van der Waals surface area contributed by atoms with Crippen LogP contribution in [0.3, 0.4) is 0 Å². The average molecular weight is 544 g/mol. The van der Waals surface area contributed by atoms with Crippen LogP contribution < -0.4 is 50.7 Å². The first kappa shape index (κ1) is 27.8. The van der Waals surface area contributed by atoms with Crippen molar-refractivity contribution in [2.75, 3.05) is 0 Å². The van der Waals surface area contributed by atoms with Gasteiger partial charge in [-0.05, 0) is 31.5 Å². The summed E-state index contributed by atoms with van der Waals surface area (Å²) < 4.78 is -0.809. The van der Waals surface area contributed by atoms with Gasteiger partial charge < -0.3 is 30.4 Å². The van der Waals surface area contributed by atoms with Crippen LogP contribution in [0.25, 0.3) is 11.0 Å². The van der Waals surface area contributed by atoms with E-state index in [9.17, 15) is 29.1 Å². The topological polar surface area (TPSA) is 164 Å². The van der Waals surface area contributed by atoms with Gasteiger partial charge in [0, 0.05) is 17.1 Å². The van der Waals surface area contributed by atoms with Gasteiger partial charge in [0.15, 0.2) is 0 Å². The molecule has 3 aromatic rings. The number of nitrogens with one attached hydrogen (secondary N) is 3. The van der Waals surface area contributed by atoms with Crippen molar-refractivity contribution in [1.82, 2.24) is 25.5 Å². The predicted molar refractivity (Wildman–Crippen MR) is 132 cm³/mol. The summed E-state index contributed by atoms with van der Waals surface area (Å²) in [6.07, 6.45) is 2.69. The van der Waals surface area contributed by atoms with Crippen molar-refractivity contribution in [1.29, 1.82) is 0 Å². The Morgan fingerprint density at radius 2 is 1.84 bits per heavy atom. The van der Waals surface area contributed by atoms with Crippen LogP contribution in [0.2, 0.25) is 0 Å². The molecule has 13 heteroatoms. The number of H-pyrrole nitrogens is 1. The molecule has 0 spiro atoms. The normalized spacial score (nSPS) is 22.0. The molecule has 5 rings (SSSR count). The second-order valence-electron chi connectivity index (χ2n) is 9.31. The average Bonchev–Trinajstić information content (AvgIpc) is 3.14. The molecule has 2 saturated heterocycles. The molecule has 0 saturated carbocycles. The Balaban J connectivity index is 0.00000336. The van der Waals surface area contributed by atoms with Crippen molar-refractivity contribution in [2.24, 2.45) is 0 Å². The monoisotopic (exact) mass is 543 g/mol. The number of carboxylic acids is 1. The first-order valence-electron chi connectivity index (χ1n) is 11.4. The van der Waals surface area contributed by atoms with E-state index in [1.54, 1.807) is 56.3 Å². The van der Waals surface area contributed by atoms with Crippen molar-refractivity contribution in [3.05, 3.63) is 76.2 Å². The number of amides is 3. The molecule has 2 fully saturated rings. The second kappa shape index (κ2) is 10.5. The number of β-lactam (4-membered cyclic amide) rings is 1. The molecule has 0 bridgehead atoms. The van der Waals surface area contributed by atoms with Crippen LogP contribution in [0, 0.1) is 0 Å². The maximum absolute atomic E-state index is 13.4. The van der Waals surface area contributed by atoms with Crippen LogP contribution in [-0.4, -0.2) is 60.8 Å². The van der Waals surface area contributed by atoms with Gasteiger partial charge >= 0.3 is 29.6 Å². The van der Waals surface area contributed by atoms with Gasteiger partial charge in [0.05, 0.1) is 17.5 Å². The van der Waals surface area contributed by atoms with Gasteiger partial charge in [-0.15, -0.1) is 11.8 Å². The number of hydrogen-bond acceptors (Lipinski definition) is 8. The maximum Gasteiger partial charge on any atom is 1.00 e. The molecule has 2 aliphatic heterocycles. The fraction of sp³-hybridized carbons (Fsp3) is 0.280. The molecule has 4 atom stereocenters. The SMILES string of the molecule is CC1(C)S[C@@H]2[C@H](NC(=O)[C@@H](NC(=O)c3c[nH]c4cccnc4c3=O)c3ccccc3)C(=O)N2[C@H]1C(=O)[O-].[Na+]. The number of thioether (sulfide) groups is 1. The van der Waals surface area contributed by atoms with Crippen molar-refractivity contribution < 1.29 is 53.8 Å². The molecule has 38 heavy (non-hydrogen) atoms. The summed E-state index contributed by atoms with van der Waals surface area (Å²) in [5, 5.41) is 16.3. The van der Waals surface area contributed by atoms with Crippen molar-refractivity contribution in [3.8, 4) is 0 Å². The second-order valence-corrected chi connectivity index (χ2v) is 11.1. The summed E-state index contributed by atoms with van der Waals surface area (Å²) in [7, 11) is 0. The number of fused-ring (bicyclic) bond motifs is 2. The third-order valence-electron chi connectivity index (χ3n) is 6.52. The van der Waals surface area contributed by atoms with E-state index in [4.69, 9.17) is 0 Å². The third-order valence-corrected chi connectivity index (χ3v) is 8.09. The molecule has 2 aliphatic rings. The number of carbonyl (C=O) groups excluding carboxylic acids is 4. The van der Waals surface area contributed by atoms with Crippen LogP contribution in [0.1, 0.15) is 35.8 Å². The van der Waals surface area contributed by atoms with Crippen LogP contribution in [-0.2, 0) is 14.4 Å². The van der Waals surface area contributed by atoms with Crippen LogP contribution in [0.5, 0.6) is 0 Å². The molecule has 0 aliphatic carbocycles. The molecule has 2 aromatic heterocycles. The minimum atomic E-state index is -1.36. The van der Waals surface area contributed by atoms with Gasteiger partial charge in [0.1, 0.15) is 28.5 Å². The summed E-state index contributed by atoms with van der Waals surface area (Å²) in [5.74, 6) is -3.38. The molecular weight excluding hydrogens is 521 g/mol. The van der Waals surface area contributed by atoms with Gasteiger partial charge in [-0.3, -0.25) is 24.2 Å². The van der Waals surface area contributed by atoms with Crippen molar-refractivity contribution >= 4 is 46.5 Å². The van der Waals surface area contributed by atoms with Gasteiger partial charge in [0.2, 0.25) is 17.2 Å². The molecule has 190 valence electrons. The number of benzene rings is 1. The number of carboxylic acid groups (broad SMARTS) is 1. The molecular formula is C25H22N5NaO6S. The number of pyridine rings is 2. The number of aromatic nitrogens is 2. The van der Waals surface area contributed by atoms with Gasteiger partial charge in [-0.1, -0.05) is 30.3 Å². The maximum atomic E-state index is 13.4. The Kier molecular flexibility index (Phi) is 7.71. The van der Waals surface area contributed by atoms with Crippen LogP contribution in [0.15, 0.2) is 59.7 Å². The third kappa shape index (κ3) is 4.73. The fourth-order valence-corrected chi connectivity index (χ4v) is 6.35. The zero-order valence-corrected chi connectivity index (χ0v) is 23.6. The molecule has 11 nitrogen and oxygen atoms in total. The summed E-state index contributed by atoms with van der Waals surface area (Å²) in [4.78, 5) is 71.9. The van der Waals surface area contributed by atoms with Crippen LogP contribution in [0.4, 0.5) is 0 Å². The van der Waals surface area contributed by atoms with Gasteiger partial charge in [0.25, 0.3) is 5.91 Å². The molecule has 4 heterocycles. The number of nitrogens with zero attached hydrogens (tertiary/aromatic N) is 2. The van der Waals surface area contributed by atoms with E-state index >= 15 is 0 Å². The number of aromatic amines is 1. The number of carbonyl (C=O) groups is 4. The molecule has 1 aromatic carbocycles. The quantitative estimate of drug-likeness (QED) is 0.215. The Bertz CT molecular complexity index is 1500. The van der Waals surface area contributed by atoms with Crippen molar-refractivity contribution in [3.63, 3.8) is 0 Å². The Morgan fingerprint density at radius 1 is 1.13 bits per heavy atom. The van der Waals surface area contributed by atoms with E-state index in [0.717, 1.165) is 0 Å². The zero-order chi connectivity index (χ0) is 26.5. The van der Waals surface area contributed by atoms with E-state index in [2.05, 4.69) is 20.6 Å². The van der Waals surface area contributed by atoms with E-state index in [0.29, 0.717) is 11.1 Å². The van der Waals surface area contributed by atoms with E-state index < -0.39 is 57.4 Å². The fourth-order valence-electron chi connectivity index (χ4n) is 4.73. The number of hydrogen-bond donors (Lipinski definition) is 3. The number of rotatable bonds is 6. The predicted octanol–water partition coefficient (Wildman–Crippen LogP) is -3.30. The minimum absolute atomic E-state index is 0. The summed E-state index contributed by atoms with van der Waals surface area (Å²) >= 11 is 1.26. The van der Waals surface area contributed by atoms with Crippen molar-refractivity contribution in [2.45, 2.75) is 42.1 Å². The summed E-state index contributed by atoms with van der Waals surface area (Å²) in [5.41, 5.74) is 0.150. The summed E-state index contributed by atoms with van der Waals surface area (Å²) in [6.45, 7) is 3.40. The smallest absolute Gasteiger partial charge is 0.548 e. The largest absolute Gasteiger partial charge is 1.00 e. The molecule has 0 radical (unpaired) electrons. The van der Waals surface area contributed by atoms with Crippen LogP contribution >= 0.6 is 11.8 Å². The molecule has 3 N–H and O–H groups in total. The van der Waals surface area contributed by atoms with Gasteiger partial charge in [-0.25, -0.2) is 0 Å². The van der Waals surface area contributed by atoms with E-state index in [1.807, 2.05) is 0 Å². The molecule has 3 amide bonds. The van der Waals surface area contributed by atoms with Gasteiger partial charge in [-0.2, -0.15) is 0 Å². The Morgan fingerprint density at radius 3 is 2.53 bits per heavy atom. The minimum Gasteiger partial charge on any atom is -0.548 e. The summed E-state index contributed by atoms with van der Waals surface area (Å²) in [6, 6.07) is 8.34.